The molecule has 0 aromatic heterocycles. The van der Waals surface area contributed by atoms with Crippen molar-refractivity contribution < 1.29 is 18.0 Å². The Morgan fingerprint density at radius 2 is 2.23 bits per heavy atom. The molecule has 6 heteroatoms. The number of halogens is 3. The van der Waals surface area contributed by atoms with Crippen LogP contribution < -0.4 is 10.6 Å². The number of piperidine rings is 1. The summed E-state index contributed by atoms with van der Waals surface area (Å²) in [5.74, 6) is -0.750. The molecule has 0 saturated carbocycles. The topological polar surface area (TPSA) is 41.1 Å². The van der Waals surface area contributed by atoms with Crippen LogP contribution in [0.4, 0.5) is 13.2 Å². The Bertz CT molecular complexity index is 510. The molecule has 1 aliphatic heterocycles. The third-order valence-electron chi connectivity index (χ3n) is 3.98. The first-order valence-electron chi connectivity index (χ1n) is 7.60. The monoisotopic (exact) mass is 314 g/mol. The van der Waals surface area contributed by atoms with Crippen LogP contribution in [0.1, 0.15) is 43.2 Å². The molecule has 1 saturated heterocycles. The summed E-state index contributed by atoms with van der Waals surface area (Å²) in [5, 5.41) is 6.15. The summed E-state index contributed by atoms with van der Waals surface area (Å²) in [4.78, 5) is 12.4. The molecule has 1 amide bonds. The molecule has 0 radical (unpaired) electrons. The molecule has 0 spiro atoms. The van der Waals surface area contributed by atoms with Gasteiger partial charge in [-0.2, -0.15) is 13.2 Å². The molecule has 2 unspecified atom stereocenters. The van der Waals surface area contributed by atoms with E-state index in [1.807, 2.05) is 6.92 Å². The first-order valence-corrected chi connectivity index (χ1v) is 7.60. The van der Waals surface area contributed by atoms with Crippen LogP contribution in [0.15, 0.2) is 24.3 Å². The normalized spacial score (nSPS) is 20.5. The van der Waals surface area contributed by atoms with Crippen molar-refractivity contribution in [3.63, 3.8) is 0 Å². The average Bonchev–Trinajstić information content (AvgIpc) is 2.48. The van der Waals surface area contributed by atoms with Gasteiger partial charge in [0, 0.05) is 12.6 Å². The number of amides is 1. The fourth-order valence-corrected chi connectivity index (χ4v) is 2.78. The molecule has 1 heterocycles. The SMILES string of the molecule is CCC(C(=O)NC1CCCNC1)c1cccc(C(F)(F)F)c1. The molecule has 1 aromatic carbocycles. The molecule has 0 aliphatic carbocycles. The fraction of sp³-hybridized carbons (Fsp3) is 0.562. The Kier molecular flexibility index (Phi) is 5.45. The maximum Gasteiger partial charge on any atom is 0.416 e. The van der Waals surface area contributed by atoms with Gasteiger partial charge in [-0.3, -0.25) is 4.79 Å². The molecule has 1 fully saturated rings. The Morgan fingerprint density at radius 3 is 2.82 bits per heavy atom. The van der Waals surface area contributed by atoms with Crippen LogP contribution >= 0.6 is 0 Å². The van der Waals surface area contributed by atoms with E-state index >= 15 is 0 Å². The lowest BCUT2D eigenvalue weighted by Gasteiger charge is -2.26. The third kappa shape index (κ3) is 4.22. The quantitative estimate of drug-likeness (QED) is 0.897. The van der Waals surface area contributed by atoms with Crippen molar-refractivity contribution in [2.75, 3.05) is 13.1 Å². The van der Waals surface area contributed by atoms with Gasteiger partial charge in [-0.15, -0.1) is 0 Å². The van der Waals surface area contributed by atoms with Gasteiger partial charge in [0.2, 0.25) is 5.91 Å². The number of nitrogens with one attached hydrogen (secondary N) is 2. The van der Waals surface area contributed by atoms with E-state index in [-0.39, 0.29) is 11.9 Å². The minimum absolute atomic E-state index is 0.0566. The summed E-state index contributed by atoms with van der Waals surface area (Å²) in [6, 6.07) is 5.10. The van der Waals surface area contributed by atoms with Gasteiger partial charge in [0.05, 0.1) is 11.5 Å². The lowest BCUT2D eigenvalue weighted by molar-refractivity contribution is -0.137. The maximum absolute atomic E-state index is 12.8. The fourth-order valence-electron chi connectivity index (χ4n) is 2.78. The van der Waals surface area contributed by atoms with E-state index < -0.39 is 17.7 Å². The number of hydrogen-bond acceptors (Lipinski definition) is 2. The summed E-state index contributed by atoms with van der Waals surface area (Å²) in [6.45, 7) is 3.46. The van der Waals surface area contributed by atoms with Crippen molar-refractivity contribution in [1.29, 1.82) is 0 Å². The van der Waals surface area contributed by atoms with Crippen molar-refractivity contribution in [3.05, 3.63) is 35.4 Å². The minimum Gasteiger partial charge on any atom is -0.352 e. The van der Waals surface area contributed by atoms with Crippen molar-refractivity contribution >= 4 is 5.91 Å². The first-order chi connectivity index (χ1) is 10.4. The largest absolute Gasteiger partial charge is 0.416 e. The predicted molar refractivity (Wildman–Crippen MR) is 78.5 cm³/mol. The van der Waals surface area contributed by atoms with E-state index in [4.69, 9.17) is 0 Å². The van der Waals surface area contributed by atoms with Gasteiger partial charge < -0.3 is 10.6 Å². The van der Waals surface area contributed by atoms with Gasteiger partial charge in [0.1, 0.15) is 0 Å². The van der Waals surface area contributed by atoms with E-state index in [0.717, 1.165) is 31.5 Å². The summed E-state index contributed by atoms with van der Waals surface area (Å²) in [5.41, 5.74) is -0.297. The Balaban J connectivity index is 2.11. The Labute approximate surface area is 128 Å². The second-order valence-corrected chi connectivity index (χ2v) is 5.64. The second-order valence-electron chi connectivity index (χ2n) is 5.64. The summed E-state index contributed by atoms with van der Waals surface area (Å²) in [7, 11) is 0. The maximum atomic E-state index is 12.8. The van der Waals surface area contributed by atoms with E-state index in [0.29, 0.717) is 18.5 Å². The highest BCUT2D eigenvalue weighted by atomic mass is 19.4. The van der Waals surface area contributed by atoms with Crippen LogP contribution in [0.5, 0.6) is 0 Å². The van der Waals surface area contributed by atoms with Gasteiger partial charge in [0.25, 0.3) is 0 Å². The number of rotatable bonds is 4. The van der Waals surface area contributed by atoms with Crippen molar-refractivity contribution in [1.82, 2.24) is 10.6 Å². The zero-order valence-electron chi connectivity index (χ0n) is 12.5. The number of benzene rings is 1. The van der Waals surface area contributed by atoms with Gasteiger partial charge >= 0.3 is 6.18 Å². The van der Waals surface area contributed by atoms with Gasteiger partial charge in [-0.1, -0.05) is 25.1 Å². The van der Waals surface area contributed by atoms with Crippen molar-refractivity contribution in [3.8, 4) is 0 Å². The van der Waals surface area contributed by atoms with E-state index in [1.165, 1.54) is 6.07 Å². The van der Waals surface area contributed by atoms with Crippen LogP contribution in [0.3, 0.4) is 0 Å². The molecule has 2 atom stereocenters. The van der Waals surface area contributed by atoms with E-state index in [9.17, 15) is 18.0 Å². The second kappa shape index (κ2) is 7.13. The van der Waals surface area contributed by atoms with Gasteiger partial charge in [-0.25, -0.2) is 0 Å². The standard InChI is InChI=1S/C16H21F3N2O/c1-2-14(15(22)21-13-7-4-8-20-10-13)11-5-3-6-12(9-11)16(17,18)19/h3,5-6,9,13-14,20H,2,4,7-8,10H2,1H3,(H,21,22). The van der Waals surface area contributed by atoms with Crippen LogP contribution in [0.25, 0.3) is 0 Å². The highest BCUT2D eigenvalue weighted by molar-refractivity contribution is 5.84. The van der Waals surface area contributed by atoms with Crippen LogP contribution in [0.2, 0.25) is 0 Å². The van der Waals surface area contributed by atoms with E-state index in [1.54, 1.807) is 6.07 Å². The average molecular weight is 314 g/mol. The van der Waals surface area contributed by atoms with E-state index in [2.05, 4.69) is 10.6 Å². The van der Waals surface area contributed by atoms with Crippen molar-refractivity contribution in [2.24, 2.45) is 0 Å². The zero-order valence-corrected chi connectivity index (χ0v) is 12.5. The van der Waals surface area contributed by atoms with Gasteiger partial charge in [0.15, 0.2) is 0 Å². The van der Waals surface area contributed by atoms with Crippen LogP contribution in [-0.2, 0) is 11.0 Å². The third-order valence-corrected chi connectivity index (χ3v) is 3.98. The molecule has 3 nitrogen and oxygen atoms in total. The number of carbonyl (C=O) groups is 1. The summed E-state index contributed by atoms with van der Waals surface area (Å²) >= 11 is 0. The molecule has 2 N–H and O–H groups in total. The molecule has 0 bridgehead atoms. The lowest BCUT2D eigenvalue weighted by atomic mass is 9.93. The Hall–Kier alpha value is -1.56. The summed E-state index contributed by atoms with van der Waals surface area (Å²) < 4.78 is 38.4. The number of hydrogen-bond donors (Lipinski definition) is 2. The van der Waals surface area contributed by atoms with Crippen LogP contribution in [-0.4, -0.2) is 25.0 Å². The van der Waals surface area contributed by atoms with Crippen molar-refractivity contribution in [2.45, 2.75) is 44.3 Å². The highest BCUT2D eigenvalue weighted by Crippen LogP contribution is 2.31. The predicted octanol–water partition coefficient (Wildman–Crippen LogP) is 3.07. The van der Waals surface area contributed by atoms with Crippen LogP contribution in [0, 0.1) is 0 Å². The van der Waals surface area contributed by atoms with Gasteiger partial charge in [-0.05, 0) is 37.4 Å². The number of alkyl halides is 3. The molecule has 1 aliphatic rings. The smallest absolute Gasteiger partial charge is 0.352 e. The molecule has 22 heavy (non-hydrogen) atoms. The molecule has 2 rings (SSSR count). The first kappa shape index (κ1) is 16.8. The minimum atomic E-state index is -4.39. The molecule has 1 aromatic rings. The number of carbonyl (C=O) groups excluding carboxylic acids is 1. The molecular formula is C16H21F3N2O. The zero-order chi connectivity index (χ0) is 16.2. The Morgan fingerprint density at radius 1 is 1.45 bits per heavy atom. The molecular weight excluding hydrogens is 293 g/mol. The molecule has 122 valence electrons. The summed E-state index contributed by atoms with van der Waals surface area (Å²) in [6.07, 6.45) is -2.03. The highest BCUT2D eigenvalue weighted by Gasteiger charge is 2.31. The lowest BCUT2D eigenvalue weighted by Crippen LogP contribution is -2.47.